The molecule has 0 spiro atoms. The minimum atomic E-state index is -0.348. The van der Waals surface area contributed by atoms with Gasteiger partial charge in [-0.15, -0.1) is 0 Å². The number of imide groups is 1. The van der Waals surface area contributed by atoms with E-state index in [2.05, 4.69) is 5.32 Å². The van der Waals surface area contributed by atoms with Crippen molar-refractivity contribution in [1.82, 2.24) is 4.90 Å². The van der Waals surface area contributed by atoms with Gasteiger partial charge in [0, 0.05) is 16.5 Å². The molecule has 0 saturated heterocycles. The predicted octanol–water partition coefficient (Wildman–Crippen LogP) is 5.77. The highest BCUT2D eigenvalue weighted by Gasteiger charge is 2.39. The molecule has 33 heavy (non-hydrogen) atoms. The number of hydrogen-bond acceptors (Lipinski definition) is 5. The fraction of sp³-hybridized carbons (Fsp3) is 0.154. The van der Waals surface area contributed by atoms with Crippen molar-refractivity contribution in [2.24, 2.45) is 0 Å². The summed E-state index contributed by atoms with van der Waals surface area (Å²) in [5.41, 5.74) is 1.95. The van der Waals surface area contributed by atoms with Crippen LogP contribution < -0.4 is 10.1 Å². The molecule has 3 aromatic carbocycles. The first-order valence-corrected chi connectivity index (χ1v) is 11.8. The van der Waals surface area contributed by atoms with Gasteiger partial charge in [-0.25, -0.2) is 0 Å². The molecule has 5 nitrogen and oxygen atoms in total. The Hall–Kier alpha value is -3.22. The number of hydrogen-bond donors (Lipinski definition) is 1. The molecule has 0 bridgehead atoms. The second kappa shape index (κ2) is 10.6. The van der Waals surface area contributed by atoms with Crippen LogP contribution in [0, 0.1) is 0 Å². The third-order valence-corrected chi connectivity index (χ3v) is 6.42. The molecule has 0 aliphatic carbocycles. The third kappa shape index (κ3) is 5.41. The number of carbonyl (C=O) groups excluding carboxylic acids is 2. The van der Waals surface area contributed by atoms with Crippen molar-refractivity contribution in [3.63, 3.8) is 0 Å². The Balaban J connectivity index is 1.64. The van der Waals surface area contributed by atoms with Crippen LogP contribution in [0.5, 0.6) is 5.75 Å². The van der Waals surface area contributed by atoms with E-state index < -0.39 is 0 Å². The molecule has 3 aromatic rings. The molecule has 0 saturated carbocycles. The van der Waals surface area contributed by atoms with Crippen LogP contribution in [0.1, 0.15) is 12.5 Å². The number of halogens is 1. The zero-order valence-electron chi connectivity index (χ0n) is 18.1. The summed E-state index contributed by atoms with van der Waals surface area (Å²) in [7, 11) is 0. The van der Waals surface area contributed by atoms with Gasteiger partial charge in [0.05, 0.1) is 12.3 Å². The number of thioether (sulfide) groups is 1. The summed E-state index contributed by atoms with van der Waals surface area (Å²) >= 11 is 7.26. The quantitative estimate of drug-likeness (QED) is 0.396. The summed E-state index contributed by atoms with van der Waals surface area (Å²) < 4.78 is 5.69. The Morgan fingerprint density at radius 1 is 0.909 bits per heavy atom. The highest BCUT2D eigenvalue weighted by molar-refractivity contribution is 8.04. The molecule has 1 aliphatic rings. The normalized spacial score (nSPS) is 13.6. The monoisotopic (exact) mass is 478 g/mol. The fourth-order valence-electron chi connectivity index (χ4n) is 3.45. The van der Waals surface area contributed by atoms with Gasteiger partial charge in [0.25, 0.3) is 11.8 Å². The minimum Gasteiger partial charge on any atom is -0.492 e. The van der Waals surface area contributed by atoms with Crippen LogP contribution in [0.2, 0.25) is 5.02 Å². The molecule has 0 aromatic heterocycles. The molecular weight excluding hydrogens is 456 g/mol. The summed E-state index contributed by atoms with van der Waals surface area (Å²) in [5, 5.41) is 3.79. The van der Waals surface area contributed by atoms with E-state index in [1.54, 1.807) is 12.1 Å². The molecule has 2 amide bonds. The lowest BCUT2D eigenvalue weighted by molar-refractivity contribution is -0.137. The standard InChI is InChI=1S/C26H23ClN2O3S/c1-2-32-22-11-7-6-10-21(22)28-23-24(33-20-14-12-19(27)13-15-20)26(31)29(25(23)30)17-16-18-8-4-3-5-9-18/h3-15,28H,2,16-17H2,1H3. The van der Waals surface area contributed by atoms with Crippen molar-refractivity contribution in [2.75, 3.05) is 18.5 Å². The van der Waals surface area contributed by atoms with Gasteiger partial charge in [0.2, 0.25) is 0 Å². The van der Waals surface area contributed by atoms with E-state index in [-0.39, 0.29) is 17.5 Å². The van der Waals surface area contributed by atoms with Crippen LogP contribution in [0.3, 0.4) is 0 Å². The molecule has 4 rings (SSSR count). The molecule has 0 fully saturated rings. The van der Waals surface area contributed by atoms with Crippen molar-refractivity contribution in [3.8, 4) is 5.75 Å². The first kappa shape index (κ1) is 23.0. The number of rotatable bonds is 9. The van der Waals surface area contributed by atoms with E-state index in [0.29, 0.717) is 40.9 Å². The molecule has 168 valence electrons. The number of benzene rings is 3. The summed E-state index contributed by atoms with van der Waals surface area (Å²) in [4.78, 5) is 29.2. The van der Waals surface area contributed by atoms with Gasteiger partial charge in [-0.05, 0) is 55.3 Å². The van der Waals surface area contributed by atoms with Crippen LogP contribution in [-0.4, -0.2) is 29.9 Å². The molecule has 0 unspecified atom stereocenters. The topological polar surface area (TPSA) is 58.6 Å². The Morgan fingerprint density at radius 2 is 1.61 bits per heavy atom. The van der Waals surface area contributed by atoms with Crippen LogP contribution >= 0.6 is 23.4 Å². The van der Waals surface area contributed by atoms with Crippen LogP contribution in [-0.2, 0) is 16.0 Å². The lowest BCUT2D eigenvalue weighted by Crippen LogP contribution is -2.34. The lowest BCUT2D eigenvalue weighted by Gasteiger charge is -2.16. The zero-order chi connectivity index (χ0) is 23.2. The SMILES string of the molecule is CCOc1ccccc1NC1=C(Sc2ccc(Cl)cc2)C(=O)N(CCc2ccccc2)C1=O. The van der Waals surface area contributed by atoms with Crippen molar-refractivity contribution < 1.29 is 14.3 Å². The number of amides is 2. The van der Waals surface area contributed by atoms with Crippen molar-refractivity contribution in [3.05, 3.63) is 100 Å². The van der Waals surface area contributed by atoms with Gasteiger partial charge in [0.15, 0.2) is 0 Å². The number of nitrogens with zero attached hydrogens (tertiary/aromatic N) is 1. The van der Waals surface area contributed by atoms with E-state index in [4.69, 9.17) is 16.3 Å². The second-order valence-electron chi connectivity index (χ2n) is 7.31. The van der Waals surface area contributed by atoms with Gasteiger partial charge < -0.3 is 10.1 Å². The van der Waals surface area contributed by atoms with Gasteiger partial charge in [-0.2, -0.15) is 0 Å². The summed E-state index contributed by atoms with van der Waals surface area (Å²) in [5.74, 6) is -0.0442. The largest absolute Gasteiger partial charge is 0.492 e. The Bertz CT molecular complexity index is 1180. The predicted molar refractivity (Wildman–Crippen MR) is 132 cm³/mol. The average Bonchev–Trinajstić information content (AvgIpc) is 3.05. The van der Waals surface area contributed by atoms with E-state index >= 15 is 0 Å². The minimum absolute atomic E-state index is 0.250. The highest BCUT2D eigenvalue weighted by atomic mass is 35.5. The summed E-state index contributed by atoms with van der Waals surface area (Å²) in [6.45, 7) is 2.68. The van der Waals surface area contributed by atoms with Crippen LogP contribution in [0.15, 0.2) is 94.4 Å². The van der Waals surface area contributed by atoms with Crippen molar-refractivity contribution in [1.29, 1.82) is 0 Å². The van der Waals surface area contributed by atoms with E-state index in [9.17, 15) is 9.59 Å². The summed E-state index contributed by atoms with van der Waals surface area (Å²) in [6.07, 6.45) is 0.583. The number of carbonyl (C=O) groups is 2. The average molecular weight is 479 g/mol. The van der Waals surface area contributed by atoms with Gasteiger partial charge in [0.1, 0.15) is 16.4 Å². The van der Waals surface area contributed by atoms with Crippen molar-refractivity contribution in [2.45, 2.75) is 18.2 Å². The molecular formula is C26H23ClN2O3S. The first-order chi connectivity index (χ1) is 16.1. The molecule has 0 radical (unpaired) electrons. The number of ether oxygens (including phenoxy) is 1. The number of anilines is 1. The number of para-hydroxylation sites is 2. The maximum atomic E-state index is 13.4. The smallest absolute Gasteiger partial charge is 0.278 e. The van der Waals surface area contributed by atoms with Crippen LogP contribution in [0.4, 0.5) is 5.69 Å². The van der Waals surface area contributed by atoms with Crippen molar-refractivity contribution >= 4 is 40.9 Å². The van der Waals surface area contributed by atoms with Gasteiger partial charge in [-0.3, -0.25) is 14.5 Å². The van der Waals surface area contributed by atoms with E-state index in [1.165, 1.54) is 16.7 Å². The van der Waals surface area contributed by atoms with Gasteiger partial charge >= 0.3 is 0 Å². The van der Waals surface area contributed by atoms with Gasteiger partial charge in [-0.1, -0.05) is 65.8 Å². The number of nitrogens with one attached hydrogen (secondary N) is 1. The first-order valence-electron chi connectivity index (χ1n) is 10.6. The molecule has 0 atom stereocenters. The Morgan fingerprint density at radius 3 is 2.33 bits per heavy atom. The maximum absolute atomic E-state index is 13.4. The molecule has 7 heteroatoms. The zero-order valence-corrected chi connectivity index (χ0v) is 19.7. The van der Waals surface area contributed by atoms with E-state index in [1.807, 2.05) is 73.7 Å². The molecule has 1 N–H and O–H groups in total. The summed E-state index contributed by atoms with van der Waals surface area (Å²) in [6, 6.07) is 24.3. The second-order valence-corrected chi connectivity index (χ2v) is 8.83. The van der Waals surface area contributed by atoms with Crippen LogP contribution in [0.25, 0.3) is 0 Å². The van der Waals surface area contributed by atoms with E-state index in [0.717, 1.165) is 10.5 Å². The Kier molecular flexibility index (Phi) is 7.37. The molecule has 1 aliphatic heterocycles. The Labute approximate surface area is 202 Å². The third-order valence-electron chi connectivity index (χ3n) is 5.07. The lowest BCUT2D eigenvalue weighted by atomic mass is 10.1. The fourth-order valence-corrected chi connectivity index (χ4v) is 4.53. The maximum Gasteiger partial charge on any atom is 0.278 e. The highest BCUT2D eigenvalue weighted by Crippen LogP contribution is 2.37. The molecule has 1 heterocycles.